The quantitative estimate of drug-likeness (QED) is 0.336. The van der Waals surface area contributed by atoms with E-state index in [4.69, 9.17) is 5.11 Å². The van der Waals surface area contributed by atoms with Crippen LogP contribution < -0.4 is 0 Å². The summed E-state index contributed by atoms with van der Waals surface area (Å²) < 4.78 is 4.26. The molecule has 1 N–H and O–H groups in total. The van der Waals surface area contributed by atoms with Gasteiger partial charge < -0.3 is 9.84 Å². The maximum atomic E-state index is 10.6. The Morgan fingerprint density at radius 1 is 1.20 bits per heavy atom. The molecular weight excluding hydrogens is 196 g/mol. The van der Waals surface area contributed by atoms with Gasteiger partial charge in [0.25, 0.3) is 0 Å². The molecule has 0 saturated heterocycles. The zero-order valence-corrected chi connectivity index (χ0v) is 9.24. The number of esters is 1. The minimum atomic E-state index is -1.13. The van der Waals surface area contributed by atoms with E-state index < -0.39 is 11.9 Å². The largest absolute Gasteiger partial charge is 0.478 e. The molecule has 0 heterocycles. The van der Waals surface area contributed by atoms with E-state index in [-0.39, 0.29) is 5.57 Å². The molecule has 0 aliphatic heterocycles. The van der Waals surface area contributed by atoms with Crippen molar-refractivity contribution in [1.82, 2.24) is 0 Å². The van der Waals surface area contributed by atoms with Gasteiger partial charge in [0.2, 0.25) is 0 Å². The Balaban J connectivity index is 0. The summed E-state index contributed by atoms with van der Waals surface area (Å²) >= 11 is 0. The van der Waals surface area contributed by atoms with Crippen LogP contribution in [-0.2, 0) is 14.3 Å². The summed E-state index contributed by atoms with van der Waals surface area (Å²) in [4.78, 5) is 20.5. The van der Waals surface area contributed by atoms with Crippen molar-refractivity contribution in [3.8, 4) is 0 Å². The Kier molecular flexibility index (Phi) is 9.11. The van der Waals surface area contributed by atoms with Gasteiger partial charge in [-0.15, -0.1) is 6.58 Å². The van der Waals surface area contributed by atoms with Crippen LogP contribution in [0.5, 0.6) is 0 Å². The molecule has 0 radical (unpaired) electrons. The highest BCUT2D eigenvalue weighted by Crippen LogP contribution is 1.94. The zero-order chi connectivity index (χ0) is 12.4. The number of allylic oxidation sites excluding steroid dienone is 1. The van der Waals surface area contributed by atoms with Crippen molar-refractivity contribution >= 4 is 11.9 Å². The van der Waals surface area contributed by atoms with E-state index in [1.54, 1.807) is 0 Å². The van der Waals surface area contributed by atoms with Crippen molar-refractivity contribution in [3.63, 3.8) is 0 Å². The highest BCUT2D eigenvalue weighted by molar-refractivity contribution is 5.92. The number of carboxylic acid groups (broad SMARTS) is 1. The van der Waals surface area contributed by atoms with Gasteiger partial charge in [-0.3, -0.25) is 0 Å². The lowest BCUT2D eigenvalue weighted by atomic mass is 10.3. The SMILES string of the molecule is C=C(C)C.C=C(C=CC(=O)O)C(=O)OC. The van der Waals surface area contributed by atoms with Gasteiger partial charge in [0.05, 0.1) is 12.7 Å². The lowest BCUT2D eigenvalue weighted by molar-refractivity contribution is -0.135. The van der Waals surface area contributed by atoms with E-state index in [9.17, 15) is 9.59 Å². The number of hydrogen-bond donors (Lipinski definition) is 1. The molecule has 4 nitrogen and oxygen atoms in total. The Labute approximate surface area is 89.6 Å². The zero-order valence-electron chi connectivity index (χ0n) is 9.24. The van der Waals surface area contributed by atoms with Crippen LogP contribution in [0.1, 0.15) is 13.8 Å². The first-order chi connectivity index (χ1) is 6.81. The van der Waals surface area contributed by atoms with Gasteiger partial charge in [-0.25, -0.2) is 9.59 Å². The van der Waals surface area contributed by atoms with Crippen LogP contribution in [0, 0.1) is 0 Å². The molecule has 0 spiro atoms. The van der Waals surface area contributed by atoms with Crippen molar-refractivity contribution in [2.24, 2.45) is 0 Å². The average molecular weight is 212 g/mol. The molecule has 0 saturated carbocycles. The molecule has 0 fully saturated rings. The van der Waals surface area contributed by atoms with Gasteiger partial charge in [-0.05, 0) is 19.9 Å². The summed E-state index contributed by atoms with van der Waals surface area (Å²) in [5.74, 6) is -1.77. The van der Waals surface area contributed by atoms with E-state index in [0.29, 0.717) is 0 Å². The molecule has 0 aromatic heterocycles. The Hall–Kier alpha value is -1.84. The van der Waals surface area contributed by atoms with Crippen LogP contribution in [0.3, 0.4) is 0 Å². The number of carbonyl (C=O) groups is 2. The maximum Gasteiger partial charge on any atom is 0.337 e. The van der Waals surface area contributed by atoms with E-state index in [1.807, 2.05) is 13.8 Å². The summed E-state index contributed by atoms with van der Waals surface area (Å²) in [5, 5.41) is 8.14. The van der Waals surface area contributed by atoms with Crippen molar-refractivity contribution < 1.29 is 19.4 Å². The summed E-state index contributed by atoms with van der Waals surface area (Å²) in [7, 11) is 1.20. The van der Waals surface area contributed by atoms with Gasteiger partial charge in [-0.1, -0.05) is 12.2 Å². The first-order valence-corrected chi connectivity index (χ1v) is 4.11. The Morgan fingerprint density at radius 2 is 1.60 bits per heavy atom. The molecule has 0 unspecified atom stereocenters. The predicted octanol–water partition coefficient (Wildman–Crippen LogP) is 1.94. The Morgan fingerprint density at radius 3 is 1.87 bits per heavy atom. The molecule has 0 rings (SSSR count). The van der Waals surface area contributed by atoms with Gasteiger partial charge in [0.1, 0.15) is 0 Å². The van der Waals surface area contributed by atoms with Crippen LogP contribution in [0.2, 0.25) is 0 Å². The standard InChI is InChI=1S/C7H8O4.C4H8/c1-5(7(10)11-2)3-4-6(8)9;1-4(2)3/h3-4H,1H2,2H3,(H,8,9);1H2,2-3H3. The van der Waals surface area contributed by atoms with Crippen molar-refractivity contribution in [2.75, 3.05) is 7.11 Å². The normalized spacial score (nSPS) is 8.73. The van der Waals surface area contributed by atoms with Gasteiger partial charge in [-0.2, -0.15) is 0 Å². The van der Waals surface area contributed by atoms with Crippen LogP contribution in [-0.4, -0.2) is 24.2 Å². The number of ether oxygens (including phenoxy) is 1. The molecule has 0 amide bonds. The fourth-order valence-corrected chi connectivity index (χ4v) is 0.371. The maximum absolute atomic E-state index is 10.6. The summed E-state index contributed by atoms with van der Waals surface area (Å²) in [5.41, 5.74) is 1.18. The third-order valence-electron chi connectivity index (χ3n) is 0.875. The molecular formula is C11H16O4. The number of aliphatic carboxylic acids is 1. The minimum Gasteiger partial charge on any atom is -0.478 e. The van der Waals surface area contributed by atoms with Gasteiger partial charge in [0, 0.05) is 6.08 Å². The second-order valence-electron chi connectivity index (χ2n) is 2.90. The first kappa shape index (κ1) is 15.6. The molecule has 84 valence electrons. The summed E-state index contributed by atoms with van der Waals surface area (Å²) in [6, 6.07) is 0. The molecule has 0 aliphatic rings. The van der Waals surface area contributed by atoms with E-state index >= 15 is 0 Å². The van der Waals surface area contributed by atoms with Gasteiger partial charge >= 0.3 is 11.9 Å². The second kappa shape index (κ2) is 8.74. The highest BCUT2D eigenvalue weighted by Gasteiger charge is 2.01. The highest BCUT2D eigenvalue weighted by atomic mass is 16.5. The Bertz CT molecular complexity index is 283. The molecule has 0 atom stereocenters. The van der Waals surface area contributed by atoms with E-state index in [2.05, 4.69) is 17.9 Å². The topological polar surface area (TPSA) is 63.6 Å². The predicted molar refractivity (Wildman–Crippen MR) is 58.4 cm³/mol. The first-order valence-electron chi connectivity index (χ1n) is 4.11. The van der Waals surface area contributed by atoms with Crippen molar-refractivity contribution in [1.29, 1.82) is 0 Å². The summed E-state index contributed by atoms with van der Waals surface area (Å²) in [6.07, 6.45) is 1.90. The van der Waals surface area contributed by atoms with Crippen LogP contribution in [0.15, 0.2) is 36.5 Å². The third-order valence-corrected chi connectivity index (χ3v) is 0.875. The van der Waals surface area contributed by atoms with Crippen LogP contribution in [0.4, 0.5) is 0 Å². The number of hydrogen-bond acceptors (Lipinski definition) is 3. The molecule has 0 aliphatic carbocycles. The third kappa shape index (κ3) is 15.0. The lowest BCUT2D eigenvalue weighted by Crippen LogP contribution is -2.01. The fraction of sp³-hybridized carbons (Fsp3) is 0.273. The second-order valence-corrected chi connectivity index (χ2v) is 2.90. The van der Waals surface area contributed by atoms with Crippen LogP contribution in [0.25, 0.3) is 0 Å². The smallest absolute Gasteiger partial charge is 0.337 e. The van der Waals surface area contributed by atoms with Crippen molar-refractivity contribution in [2.45, 2.75) is 13.8 Å². The number of rotatable bonds is 3. The minimum absolute atomic E-state index is 0.00917. The van der Waals surface area contributed by atoms with E-state index in [1.165, 1.54) is 12.7 Å². The van der Waals surface area contributed by atoms with E-state index in [0.717, 1.165) is 12.2 Å². The summed E-state index contributed by atoms with van der Waals surface area (Å²) in [6.45, 7) is 10.8. The number of methoxy groups -OCH3 is 1. The van der Waals surface area contributed by atoms with Crippen molar-refractivity contribution in [3.05, 3.63) is 36.5 Å². The monoisotopic (exact) mass is 212 g/mol. The molecule has 15 heavy (non-hydrogen) atoms. The van der Waals surface area contributed by atoms with Gasteiger partial charge in [0.15, 0.2) is 0 Å². The molecule has 0 aromatic carbocycles. The lowest BCUT2D eigenvalue weighted by Gasteiger charge is -1.94. The average Bonchev–Trinajstić information content (AvgIpc) is 2.11. The molecule has 0 aromatic rings. The molecule has 4 heteroatoms. The number of carbonyl (C=O) groups excluding carboxylic acids is 1. The van der Waals surface area contributed by atoms with Crippen LogP contribution >= 0.6 is 0 Å². The molecule has 0 bridgehead atoms. The number of carboxylic acids is 1. The fourth-order valence-electron chi connectivity index (χ4n) is 0.371.